The van der Waals surface area contributed by atoms with Crippen molar-refractivity contribution in [1.29, 1.82) is 0 Å². The fourth-order valence-corrected chi connectivity index (χ4v) is 2.42. The lowest BCUT2D eigenvalue weighted by atomic mass is 10.0. The van der Waals surface area contributed by atoms with Gasteiger partial charge >= 0.3 is 5.97 Å². The second-order valence-corrected chi connectivity index (χ2v) is 4.57. The zero-order valence-electron chi connectivity index (χ0n) is 12.0. The van der Waals surface area contributed by atoms with Gasteiger partial charge in [0.2, 0.25) is 5.95 Å². The van der Waals surface area contributed by atoms with E-state index in [9.17, 15) is 9.90 Å². The van der Waals surface area contributed by atoms with Crippen LogP contribution >= 0.6 is 0 Å². The molecule has 1 atom stereocenters. The molecule has 1 aliphatic heterocycles. The molecule has 8 heteroatoms. The first-order chi connectivity index (χ1) is 10.7. The van der Waals surface area contributed by atoms with Gasteiger partial charge in [-0.3, -0.25) is 0 Å². The zero-order chi connectivity index (χ0) is 15.7. The molecule has 0 saturated heterocycles. The number of methoxy groups -OCH3 is 2. The van der Waals surface area contributed by atoms with E-state index in [-0.39, 0.29) is 5.70 Å². The molecule has 1 aromatic carbocycles. The number of anilines is 1. The number of rotatable bonds is 4. The molecule has 2 heterocycles. The molecule has 0 amide bonds. The average Bonchev–Trinajstić information content (AvgIpc) is 3.01. The van der Waals surface area contributed by atoms with Gasteiger partial charge in [-0.1, -0.05) is 12.1 Å². The predicted octanol–water partition coefficient (Wildman–Crippen LogP) is 1.28. The van der Waals surface area contributed by atoms with Crippen LogP contribution in [0.25, 0.3) is 0 Å². The quantitative estimate of drug-likeness (QED) is 0.877. The van der Waals surface area contributed by atoms with Gasteiger partial charge in [-0.2, -0.15) is 10.1 Å². The maximum atomic E-state index is 11.3. The summed E-state index contributed by atoms with van der Waals surface area (Å²) in [4.78, 5) is 15.3. The molecule has 1 aliphatic rings. The number of carboxylic acid groups (broad SMARTS) is 1. The number of carbonyl (C=O) groups is 1. The number of carboxylic acids is 1. The van der Waals surface area contributed by atoms with E-state index in [1.165, 1.54) is 13.4 Å². The van der Waals surface area contributed by atoms with Crippen molar-refractivity contribution in [3.8, 4) is 11.5 Å². The standard InChI is InChI=1S/C14H14N4O4/c1-21-11-5-3-4-8(12(11)22-2)10-6-9(13(19)20)17-14-15-7-16-18(10)14/h3-7,10H,1-2H3,(H,19,20)(H,15,16,17)/t10-/m0/s1. The van der Waals surface area contributed by atoms with Crippen LogP contribution in [0, 0.1) is 0 Å². The number of nitrogens with one attached hydrogen (secondary N) is 1. The van der Waals surface area contributed by atoms with Gasteiger partial charge in [0.25, 0.3) is 0 Å². The molecule has 0 unspecified atom stereocenters. The van der Waals surface area contributed by atoms with E-state index in [0.717, 1.165) is 5.56 Å². The molecule has 3 rings (SSSR count). The Morgan fingerprint density at radius 2 is 2.18 bits per heavy atom. The highest BCUT2D eigenvalue weighted by molar-refractivity contribution is 5.90. The highest BCUT2D eigenvalue weighted by Gasteiger charge is 2.28. The highest BCUT2D eigenvalue weighted by Crippen LogP contribution is 2.38. The highest BCUT2D eigenvalue weighted by atomic mass is 16.5. The summed E-state index contributed by atoms with van der Waals surface area (Å²) < 4.78 is 12.3. The van der Waals surface area contributed by atoms with Crippen LogP contribution in [0.2, 0.25) is 0 Å². The van der Waals surface area contributed by atoms with Gasteiger partial charge in [-0.05, 0) is 12.1 Å². The van der Waals surface area contributed by atoms with E-state index in [0.29, 0.717) is 17.4 Å². The molecule has 0 aliphatic carbocycles. The minimum absolute atomic E-state index is 0.0374. The Hall–Kier alpha value is -3.03. The lowest BCUT2D eigenvalue weighted by Gasteiger charge is -2.24. The maximum Gasteiger partial charge on any atom is 0.352 e. The largest absolute Gasteiger partial charge is 0.493 e. The van der Waals surface area contributed by atoms with Crippen molar-refractivity contribution in [2.24, 2.45) is 0 Å². The first kappa shape index (κ1) is 13.9. The van der Waals surface area contributed by atoms with Crippen molar-refractivity contribution in [2.45, 2.75) is 6.04 Å². The number of hydrogen-bond donors (Lipinski definition) is 2. The topological polar surface area (TPSA) is 98.5 Å². The van der Waals surface area contributed by atoms with Crippen LogP contribution in [0.15, 0.2) is 36.3 Å². The summed E-state index contributed by atoms with van der Waals surface area (Å²) in [6, 6.07) is 4.95. The summed E-state index contributed by atoms with van der Waals surface area (Å²) >= 11 is 0. The first-order valence-electron chi connectivity index (χ1n) is 6.48. The van der Waals surface area contributed by atoms with Gasteiger partial charge in [-0.25, -0.2) is 9.48 Å². The van der Waals surface area contributed by atoms with Crippen LogP contribution in [-0.2, 0) is 4.79 Å². The fourth-order valence-electron chi connectivity index (χ4n) is 2.42. The monoisotopic (exact) mass is 302 g/mol. The second kappa shape index (κ2) is 5.40. The number of hydrogen-bond acceptors (Lipinski definition) is 6. The van der Waals surface area contributed by atoms with Gasteiger partial charge in [0, 0.05) is 5.56 Å². The van der Waals surface area contributed by atoms with E-state index < -0.39 is 12.0 Å². The van der Waals surface area contributed by atoms with Gasteiger partial charge in [0.15, 0.2) is 11.5 Å². The Morgan fingerprint density at radius 3 is 2.86 bits per heavy atom. The molecule has 0 radical (unpaired) electrons. The molecule has 0 fully saturated rings. The molecule has 0 saturated carbocycles. The summed E-state index contributed by atoms with van der Waals surface area (Å²) in [5, 5.41) is 16.1. The summed E-state index contributed by atoms with van der Waals surface area (Å²) in [6.07, 6.45) is 2.92. The minimum atomic E-state index is -1.07. The Kier molecular flexibility index (Phi) is 3.42. The van der Waals surface area contributed by atoms with Gasteiger partial charge in [-0.15, -0.1) is 0 Å². The van der Waals surface area contributed by atoms with Crippen molar-refractivity contribution >= 4 is 11.9 Å². The molecule has 2 N–H and O–H groups in total. The fraction of sp³-hybridized carbons (Fsp3) is 0.214. The molecular formula is C14H14N4O4. The number of para-hydroxylation sites is 1. The van der Waals surface area contributed by atoms with E-state index >= 15 is 0 Å². The molecule has 1 aromatic heterocycles. The molecule has 2 aromatic rings. The smallest absolute Gasteiger partial charge is 0.352 e. The molecule has 0 spiro atoms. The maximum absolute atomic E-state index is 11.3. The van der Waals surface area contributed by atoms with Crippen LogP contribution < -0.4 is 14.8 Å². The molecule has 0 bridgehead atoms. The number of aromatic nitrogens is 3. The number of allylic oxidation sites excluding steroid dienone is 1. The third-order valence-electron chi connectivity index (χ3n) is 3.39. The predicted molar refractivity (Wildman–Crippen MR) is 77.0 cm³/mol. The molecule has 114 valence electrons. The van der Waals surface area contributed by atoms with Crippen LogP contribution in [0.1, 0.15) is 11.6 Å². The number of benzene rings is 1. The normalized spacial score (nSPS) is 16.3. The Labute approximate surface area is 126 Å². The number of nitrogens with zero attached hydrogens (tertiary/aromatic N) is 3. The van der Waals surface area contributed by atoms with Crippen molar-refractivity contribution in [3.05, 3.63) is 41.9 Å². The van der Waals surface area contributed by atoms with Crippen molar-refractivity contribution < 1.29 is 19.4 Å². The molecular weight excluding hydrogens is 288 g/mol. The van der Waals surface area contributed by atoms with Gasteiger partial charge < -0.3 is 19.9 Å². The Bertz CT molecular complexity index is 753. The van der Waals surface area contributed by atoms with Gasteiger partial charge in [0.1, 0.15) is 18.1 Å². The SMILES string of the molecule is COc1cccc([C@@H]2C=C(C(=O)O)Nc3ncnn32)c1OC. The summed E-state index contributed by atoms with van der Waals surface area (Å²) in [5.74, 6) is 0.376. The third kappa shape index (κ3) is 2.14. The van der Waals surface area contributed by atoms with Crippen molar-refractivity contribution in [2.75, 3.05) is 19.5 Å². The van der Waals surface area contributed by atoms with Crippen LogP contribution in [0.3, 0.4) is 0 Å². The Balaban J connectivity index is 2.17. The van der Waals surface area contributed by atoms with E-state index in [1.54, 1.807) is 23.9 Å². The van der Waals surface area contributed by atoms with E-state index in [1.807, 2.05) is 12.1 Å². The third-order valence-corrected chi connectivity index (χ3v) is 3.39. The van der Waals surface area contributed by atoms with Crippen LogP contribution in [0.4, 0.5) is 5.95 Å². The lowest BCUT2D eigenvalue weighted by Crippen LogP contribution is -2.24. The second-order valence-electron chi connectivity index (χ2n) is 4.57. The Morgan fingerprint density at radius 1 is 1.36 bits per heavy atom. The van der Waals surface area contributed by atoms with Crippen molar-refractivity contribution in [3.63, 3.8) is 0 Å². The van der Waals surface area contributed by atoms with E-state index in [4.69, 9.17) is 9.47 Å². The first-order valence-corrected chi connectivity index (χ1v) is 6.48. The molecule has 8 nitrogen and oxygen atoms in total. The van der Waals surface area contributed by atoms with E-state index in [2.05, 4.69) is 15.4 Å². The summed E-state index contributed by atoms with van der Waals surface area (Å²) in [6.45, 7) is 0. The number of ether oxygens (including phenoxy) is 2. The lowest BCUT2D eigenvalue weighted by molar-refractivity contribution is -0.132. The zero-order valence-corrected chi connectivity index (χ0v) is 12.0. The molecule has 22 heavy (non-hydrogen) atoms. The number of fused-ring (bicyclic) bond motifs is 1. The average molecular weight is 302 g/mol. The van der Waals surface area contributed by atoms with Crippen molar-refractivity contribution in [1.82, 2.24) is 14.8 Å². The minimum Gasteiger partial charge on any atom is -0.493 e. The summed E-state index contributed by atoms with van der Waals surface area (Å²) in [5.41, 5.74) is 0.768. The number of aliphatic carboxylic acids is 1. The van der Waals surface area contributed by atoms with Crippen LogP contribution in [0.5, 0.6) is 11.5 Å². The van der Waals surface area contributed by atoms with Crippen LogP contribution in [-0.4, -0.2) is 40.1 Å². The van der Waals surface area contributed by atoms with Gasteiger partial charge in [0.05, 0.1) is 14.2 Å². The summed E-state index contributed by atoms with van der Waals surface area (Å²) in [7, 11) is 3.08.